The van der Waals surface area contributed by atoms with Crippen LogP contribution in [0.1, 0.15) is 37.6 Å². The highest BCUT2D eigenvalue weighted by Gasteiger charge is 2.10. The third kappa shape index (κ3) is 3.18. The molecule has 96 valence electrons. The van der Waals surface area contributed by atoms with Crippen molar-refractivity contribution in [2.45, 2.75) is 33.2 Å². The van der Waals surface area contributed by atoms with Gasteiger partial charge >= 0.3 is 0 Å². The third-order valence-corrected chi connectivity index (χ3v) is 3.87. The van der Waals surface area contributed by atoms with E-state index in [1.807, 2.05) is 0 Å². The molecule has 1 atom stereocenters. The molecule has 18 heavy (non-hydrogen) atoms. The van der Waals surface area contributed by atoms with Crippen molar-refractivity contribution in [2.75, 3.05) is 6.54 Å². The van der Waals surface area contributed by atoms with Gasteiger partial charge in [0.1, 0.15) is 5.01 Å². The van der Waals surface area contributed by atoms with E-state index in [1.54, 1.807) is 11.3 Å². The standard InChI is InChI=1S/C15H20N2S/c1-4-9-16-12(3)14-10-18-15(17-14)13-7-5-11(2)6-8-13/h5-8,10,12,16H,4,9H2,1-3H3. The normalized spacial score (nSPS) is 12.6. The molecule has 0 aliphatic carbocycles. The minimum absolute atomic E-state index is 0.334. The van der Waals surface area contributed by atoms with Crippen molar-refractivity contribution < 1.29 is 0 Å². The van der Waals surface area contributed by atoms with E-state index in [4.69, 9.17) is 4.98 Å². The first-order valence-electron chi connectivity index (χ1n) is 6.46. The molecule has 1 heterocycles. The van der Waals surface area contributed by atoms with E-state index in [1.165, 1.54) is 11.1 Å². The Hall–Kier alpha value is -1.19. The monoisotopic (exact) mass is 260 g/mol. The summed E-state index contributed by atoms with van der Waals surface area (Å²) >= 11 is 1.72. The predicted molar refractivity (Wildman–Crippen MR) is 79.0 cm³/mol. The average Bonchev–Trinajstić information content (AvgIpc) is 2.86. The molecule has 0 fully saturated rings. The molecule has 0 aliphatic rings. The van der Waals surface area contributed by atoms with E-state index in [2.05, 4.69) is 55.7 Å². The van der Waals surface area contributed by atoms with Crippen LogP contribution in [0.4, 0.5) is 0 Å². The molecule has 0 radical (unpaired) electrons. The second-order valence-corrected chi connectivity index (χ2v) is 5.48. The van der Waals surface area contributed by atoms with Gasteiger partial charge in [0.05, 0.1) is 5.69 Å². The van der Waals surface area contributed by atoms with Crippen LogP contribution in [0.3, 0.4) is 0 Å². The number of nitrogens with one attached hydrogen (secondary N) is 1. The Morgan fingerprint density at radius 3 is 2.67 bits per heavy atom. The van der Waals surface area contributed by atoms with E-state index in [9.17, 15) is 0 Å². The zero-order chi connectivity index (χ0) is 13.0. The van der Waals surface area contributed by atoms with Gasteiger partial charge in [-0.05, 0) is 26.8 Å². The van der Waals surface area contributed by atoms with Gasteiger partial charge in [0.2, 0.25) is 0 Å². The second-order valence-electron chi connectivity index (χ2n) is 4.62. The number of nitrogens with zero attached hydrogens (tertiary/aromatic N) is 1. The zero-order valence-electron chi connectivity index (χ0n) is 11.2. The summed E-state index contributed by atoms with van der Waals surface area (Å²) in [6.45, 7) is 7.49. The molecule has 0 amide bonds. The lowest BCUT2D eigenvalue weighted by Gasteiger charge is -2.09. The Bertz CT molecular complexity index is 487. The van der Waals surface area contributed by atoms with Crippen LogP contribution in [0.5, 0.6) is 0 Å². The van der Waals surface area contributed by atoms with Crippen LogP contribution in [-0.4, -0.2) is 11.5 Å². The summed E-state index contributed by atoms with van der Waals surface area (Å²) in [4.78, 5) is 4.72. The fourth-order valence-corrected chi connectivity index (χ4v) is 2.70. The van der Waals surface area contributed by atoms with Gasteiger partial charge in [0, 0.05) is 17.0 Å². The van der Waals surface area contributed by atoms with Gasteiger partial charge < -0.3 is 5.32 Å². The summed E-state index contributed by atoms with van der Waals surface area (Å²) in [6.07, 6.45) is 1.15. The van der Waals surface area contributed by atoms with Crippen molar-refractivity contribution in [1.82, 2.24) is 10.3 Å². The van der Waals surface area contributed by atoms with E-state index in [0.29, 0.717) is 6.04 Å². The number of hydrogen-bond acceptors (Lipinski definition) is 3. The van der Waals surface area contributed by atoms with Gasteiger partial charge in [-0.25, -0.2) is 4.98 Å². The molecular formula is C15H20N2S. The van der Waals surface area contributed by atoms with E-state index < -0.39 is 0 Å². The van der Waals surface area contributed by atoms with Crippen LogP contribution in [-0.2, 0) is 0 Å². The number of rotatable bonds is 5. The maximum atomic E-state index is 4.72. The number of benzene rings is 1. The Morgan fingerprint density at radius 2 is 2.00 bits per heavy atom. The number of hydrogen-bond donors (Lipinski definition) is 1. The molecule has 0 saturated heterocycles. The Balaban J connectivity index is 2.12. The quantitative estimate of drug-likeness (QED) is 0.872. The van der Waals surface area contributed by atoms with Gasteiger partial charge in [-0.2, -0.15) is 0 Å². The lowest BCUT2D eigenvalue weighted by Crippen LogP contribution is -2.19. The molecule has 2 rings (SSSR count). The zero-order valence-corrected chi connectivity index (χ0v) is 12.1. The lowest BCUT2D eigenvalue weighted by atomic mass is 10.1. The first kappa shape index (κ1) is 13.2. The third-order valence-electron chi connectivity index (χ3n) is 2.96. The minimum Gasteiger partial charge on any atom is -0.309 e. The van der Waals surface area contributed by atoms with Crippen LogP contribution in [0.2, 0.25) is 0 Å². The summed E-state index contributed by atoms with van der Waals surface area (Å²) in [5.41, 5.74) is 3.64. The number of aromatic nitrogens is 1. The van der Waals surface area contributed by atoms with Crippen LogP contribution < -0.4 is 5.32 Å². The highest BCUT2D eigenvalue weighted by molar-refractivity contribution is 7.13. The SMILES string of the molecule is CCCNC(C)c1csc(-c2ccc(C)cc2)n1. The highest BCUT2D eigenvalue weighted by Crippen LogP contribution is 2.26. The molecule has 0 saturated carbocycles. The summed E-state index contributed by atoms with van der Waals surface area (Å²) < 4.78 is 0. The molecule has 2 aromatic rings. The second kappa shape index (κ2) is 6.12. The Kier molecular flexibility index (Phi) is 4.50. The van der Waals surface area contributed by atoms with Crippen LogP contribution in [0, 0.1) is 6.92 Å². The first-order valence-corrected chi connectivity index (χ1v) is 7.34. The summed E-state index contributed by atoms with van der Waals surface area (Å²) in [5.74, 6) is 0. The minimum atomic E-state index is 0.334. The largest absolute Gasteiger partial charge is 0.309 e. The maximum absolute atomic E-state index is 4.72. The Morgan fingerprint density at radius 1 is 1.28 bits per heavy atom. The molecule has 0 aliphatic heterocycles. The number of thiazole rings is 1. The van der Waals surface area contributed by atoms with Crippen LogP contribution in [0.25, 0.3) is 10.6 Å². The molecule has 0 bridgehead atoms. The van der Waals surface area contributed by atoms with Gasteiger partial charge in [0.25, 0.3) is 0 Å². The molecule has 2 nitrogen and oxygen atoms in total. The van der Waals surface area contributed by atoms with E-state index in [-0.39, 0.29) is 0 Å². The maximum Gasteiger partial charge on any atom is 0.123 e. The fourth-order valence-electron chi connectivity index (χ4n) is 1.78. The van der Waals surface area contributed by atoms with E-state index >= 15 is 0 Å². The predicted octanol–water partition coefficient (Wildman–Crippen LogP) is 4.18. The molecule has 3 heteroatoms. The molecule has 1 aromatic heterocycles. The van der Waals surface area contributed by atoms with Crippen LogP contribution >= 0.6 is 11.3 Å². The number of aryl methyl sites for hydroxylation is 1. The fraction of sp³-hybridized carbons (Fsp3) is 0.400. The van der Waals surface area contributed by atoms with Crippen molar-refractivity contribution in [1.29, 1.82) is 0 Å². The molecule has 1 unspecified atom stereocenters. The van der Waals surface area contributed by atoms with Gasteiger partial charge in [0.15, 0.2) is 0 Å². The molecule has 1 N–H and O–H groups in total. The van der Waals surface area contributed by atoms with Gasteiger partial charge in [-0.1, -0.05) is 36.8 Å². The van der Waals surface area contributed by atoms with Gasteiger partial charge in [-0.15, -0.1) is 11.3 Å². The van der Waals surface area contributed by atoms with Crippen molar-refractivity contribution in [2.24, 2.45) is 0 Å². The van der Waals surface area contributed by atoms with Gasteiger partial charge in [-0.3, -0.25) is 0 Å². The molecule has 0 spiro atoms. The van der Waals surface area contributed by atoms with Crippen molar-refractivity contribution in [3.63, 3.8) is 0 Å². The van der Waals surface area contributed by atoms with E-state index in [0.717, 1.165) is 23.7 Å². The smallest absolute Gasteiger partial charge is 0.123 e. The first-order chi connectivity index (χ1) is 8.70. The lowest BCUT2D eigenvalue weighted by molar-refractivity contribution is 0.561. The van der Waals surface area contributed by atoms with Crippen molar-refractivity contribution >= 4 is 11.3 Å². The highest BCUT2D eigenvalue weighted by atomic mass is 32.1. The summed E-state index contributed by atoms with van der Waals surface area (Å²) in [6, 6.07) is 8.88. The summed E-state index contributed by atoms with van der Waals surface area (Å²) in [5, 5.41) is 6.73. The molecular weight excluding hydrogens is 240 g/mol. The van der Waals surface area contributed by atoms with Crippen molar-refractivity contribution in [3.05, 3.63) is 40.9 Å². The van der Waals surface area contributed by atoms with Crippen molar-refractivity contribution in [3.8, 4) is 10.6 Å². The summed E-state index contributed by atoms with van der Waals surface area (Å²) in [7, 11) is 0. The molecule has 1 aromatic carbocycles. The van der Waals surface area contributed by atoms with Crippen LogP contribution in [0.15, 0.2) is 29.6 Å². The Labute approximate surface area is 113 Å². The average molecular weight is 260 g/mol. The topological polar surface area (TPSA) is 24.9 Å².